The van der Waals surface area contributed by atoms with Gasteiger partial charge in [0.2, 0.25) is 5.91 Å². The molecule has 2 aromatic carbocycles. The van der Waals surface area contributed by atoms with E-state index >= 15 is 0 Å². The van der Waals surface area contributed by atoms with E-state index in [1.807, 2.05) is 37.9 Å². The maximum atomic E-state index is 13.4. The highest BCUT2D eigenvalue weighted by Gasteiger charge is 2.18. The molecule has 1 N–H and O–H groups in total. The molecule has 2 rings (SSSR count). The minimum Gasteiger partial charge on any atom is -0.497 e. The van der Waals surface area contributed by atoms with E-state index in [4.69, 9.17) is 4.74 Å². The van der Waals surface area contributed by atoms with Gasteiger partial charge in [-0.2, -0.15) is 0 Å². The monoisotopic (exact) mass is 358 g/mol. The molecule has 140 valence electrons. The van der Waals surface area contributed by atoms with Gasteiger partial charge in [0.05, 0.1) is 13.2 Å². The minimum absolute atomic E-state index is 0.134. The molecule has 5 heteroatoms. The Kier molecular flexibility index (Phi) is 7.16. The number of hydrogen-bond acceptors (Lipinski definition) is 3. The molecular formula is C21H27FN2O2. The van der Waals surface area contributed by atoms with Crippen molar-refractivity contribution in [1.29, 1.82) is 0 Å². The van der Waals surface area contributed by atoms with Crippen molar-refractivity contribution in [2.24, 2.45) is 0 Å². The first-order valence-electron chi connectivity index (χ1n) is 8.81. The highest BCUT2D eigenvalue weighted by Crippen LogP contribution is 2.17. The Morgan fingerprint density at radius 1 is 1.23 bits per heavy atom. The van der Waals surface area contributed by atoms with Crippen molar-refractivity contribution in [3.8, 4) is 5.75 Å². The topological polar surface area (TPSA) is 41.6 Å². The van der Waals surface area contributed by atoms with Crippen molar-refractivity contribution in [1.82, 2.24) is 4.90 Å². The summed E-state index contributed by atoms with van der Waals surface area (Å²) in [6.07, 6.45) is 1.88. The van der Waals surface area contributed by atoms with Gasteiger partial charge < -0.3 is 10.1 Å². The summed E-state index contributed by atoms with van der Waals surface area (Å²) in [5, 5.41) is 2.82. The number of nitrogens with one attached hydrogen (secondary N) is 1. The number of likely N-dealkylation sites (N-methyl/N-ethyl adjacent to an activating group) is 1. The third-order valence-electron chi connectivity index (χ3n) is 4.63. The van der Waals surface area contributed by atoms with E-state index in [0.29, 0.717) is 5.69 Å². The molecule has 0 radical (unpaired) electrons. The second-order valence-electron chi connectivity index (χ2n) is 6.56. The molecule has 0 fully saturated rings. The lowest BCUT2D eigenvalue weighted by Gasteiger charge is -2.24. The molecule has 0 aromatic heterocycles. The summed E-state index contributed by atoms with van der Waals surface area (Å²) in [5.41, 5.74) is 2.61. The zero-order chi connectivity index (χ0) is 19.1. The average Bonchev–Trinajstić information content (AvgIpc) is 2.64. The van der Waals surface area contributed by atoms with Crippen LogP contribution in [0, 0.1) is 12.7 Å². The van der Waals surface area contributed by atoms with Gasteiger partial charge in [0.15, 0.2) is 0 Å². The van der Waals surface area contributed by atoms with Gasteiger partial charge in [-0.1, -0.05) is 18.2 Å². The van der Waals surface area contributed by atoms with E-state index in [1.54, 1.807) is 13.2 Å². The van der Waals surface area contributed by atoms with Gasteiger partial charge in [0.25, 0.3) is 0 Å². The Hall–Kier alpha value is -2.40. The SMILES string of the molecule is COc1ccc(CCCN(C)C(C)C(=O)Nc2cc(F)ccc2C)cc1. The molecular weight excluding hydrogens is 331 g/mol. The lowest BCUT2D eigenvalue weighted by atomic mass is 10.1. The molecule has 2 aromatic rings. The second kappa shape index (κ2) is 9.34. The van der Waals surface area contributed by atoms with Gasteiger partial charge in [-0.25, -0.2) is 4.39 Å². The molecule has 1 amide bonds. The number of amides is 1. The summed E-state index contributed by atoms with van der Waals surface area (Å²) in [5.74, 6) is 0.362. The number of methoxy groups -OCH3 is 1. The number of aryl methyl sites for hydroxylation is 2. The van der Waals surface area contributed by atoms with Gasteiger partial charge in [-0.15, -0.1) is 0 Å². The molecule has 4 nitrogen and oxygen atoms in total. The molecule has 0 saturated heterocycles. The molecule has 1 atom stereocenters. The Bertz CT molecular complexity index is 731. The van der Waals surface area contributed by atoms with E-state index in [0.717, 1.165) is 30.7 Å². The summed E-state index contributed by atoms with van der Waals surface area (Å²) in [6, 6.07) is 12.1. The van der Waals surface area contributed by atoms with Crippen LogP contribution in [0.3, 0.4) is 0 Å². The number of carbonyl (C=O) groups is 1. The van der Waals surface area contributed by atoms with Crippen molar-refractivity contribution >= 4 is 11.6 Å². The largest absolute Gasteiger partial charge is 0.497 e. The van der Waals surface area contributed by atoms with Crippen molar-refractivity contribution in [2.45, 2.75) is 32.7 Å². The molecule has 0 aliphatic carbocycles. The third-order valence-corrected chi connectivity index (χ3v) is 4.63. The first-order valence-corrected chi connectivity index (χ1v) is 8.81. The van der Waals surface area contributed by atoms with Crippen LogP contribution in [0.1, 0.15) is 24.5 Å². The van der Waals surface area contributed by atoms with Crippen LogP contribution in [-0.4, -0.2) is 37.6 Å². The number of nitrogens with zero attached hydrogens (tertiary/aromatic N) is 1. The number of anilines is 1. The van der Waals surface area contributed by atoms with E-state index in [-0.39, 0.29) is 17.8 Å². The maximum absolute atomic E-state index is 13.4. The summed E-state index contributed by atoms with van der Waals surface area (Å²) < 4.78 is 18.5. The van der Waals surface area contributed by atoms with Gasteiger partial charge in [-0.05, 0) is 75.7 Å². The summed E-state index contributed by atoms with van der Waals surface area (Å²) >= 11 is 0. The molecule has 26 heavy (non-hydrogen) atoms. The molecule has 0 aliphatic heterocycles. The first-order chi connectivity index (χ1) is 12.4. The first kappa shape index (κ1) is 19.9. The molecule has 0 spiro atoms. The molecule has 0 heterocycles. The molecule has 1 unspecified atom stereocenters. The van der Waals surface area contributed by atoms with E-state index in [2.05, 4.69) is 17.4 Å². The predicted octanol–water partition coefficient (Wildman–Crippen LogP) is 4.03. The zero-order valence-corrected chi connectivity index (χ0v) is 15.9. The van der Waals surface area contributed by atoms with Crippen LogP contribution in [0.25, 0.3) is 0 Å². The van der Waals surface area contributed by atoms with E-state index in [1.165, 1.54) is 17.7 Å². The van der Waals surface area contributed by atoms with E-state index in [9.17, 15) is 9.18 Å². The van der Waals surface area contributed by atoms with Crippen molar-refractivity contribution < 1.29 is 13.9 Å². The highest BCUT2D eigenvalue weighted by atomic mass is 19.1. The smallest absolute Gasteiger partial charge is 0.241 e. The normalized spacial score (nSPS) is 12.1. The predicted molar refractivity (Wildman–Crippen MR) is 103 cm³/mol. The van der Waals surface area contributed by atoms with Crippen LogP contribution in [0.4, 0.5) is 10.1 Å². The standard InChI is InChI=1S/C21H27FN2O2/c1-15-7-10-18(22)14-20(15)23-21(25)16(2)24(3)13-5-6-17-8-11-19(26-4)12-9-17/h7-12,14,16H,5-6,13H2,1-4H3,(H,23,25). The number of halogens is 1. The number of rotatable bonds is 8. The van der Waals surface area contributed by atoms with Crippen LogP contribution in [0.15, 0.2) is 42.5 Å². The average molecular weight is 358 g/mol. The lowest BCUT2D eigenvalue weighted by molar-refractivity contribution is -0.120. The minimum atomic E-state index is -0.355. The molecule has 0 saturated carbocycles. The molecule has 0 aliphatic rings. The van der Waals surface area contributed by atoms with Gasteiger partial charge >= 0.3 is 0 Å². The van der Waals surface area contributed by atoms with Gasteiger partial charge in [-0.3, -0.25) is 9.69 Å². The van der Waals surface area contributed by atoms with Crippen LogP contribution < -0.4 is 10.1 Å². The Morgan fingerprint density at radius 3 is 2.58 bits per heavy atom. The number of benzene rings is 2. The van der Waals surface area contributed by atoms with Gasteiger partial charge in [0.1, 0.15) is 11.6 Å². The zero-order valence-electron chi connectivity index (χ0n) is 15.9. The fraction of sp³-hybridized carbons (Fsp3) is 0.381. The fourth-order valence-corrected chi connectivity index (χ4v) is 2.68. The van der Waals surface area contributed by atoms with Crippen LogP contribution >= 0.6 is 0 Å². The highest BCUT2D eigenvalue weighted by molar-refractivity contribution is 5.95. The number of hydrogen-bond donors (Lipinski definition) is 1. The Balaban J connectivity index is 1.82. The van der Waals surface area contributed by atoms with Crippen LogP contribution in [0.5, 0.6) is 5.75 Å². The number of carbonyl (C=O) groups excluding carboxylic acids is 1. The number of ether oxygens (including phenoxy) is 1. The summed E-state index contributed by atoms with van der Waals surface area (Å²) in [6.45, 7) is 4.50. The van der Waals surface area contributed by atoms with Crippen LogP contribution in [0.2, 0.25) is 0 Å². The maximum Gasteiger partial charge on any atom is 0.241 e. The Labute approximate surface area is 155 Å². The Morgan fingerprint density at radius 2 is 1.92 bits per heavy atom. The van der Waals surface area contributed by atoms with Crippen LogP contribution in [-0.2, 0) is 11.2 Å². The lowest BCUT2D eigenvalue weighted by Crippen LogP contribution is -2.40. The quantitative estimate of drug-likeness (QED) is 0.774. The third kappa shape index (κ3) is 5.56. The van der Waals surface area contributed by atoms with Crippen molar-refractivity contribution in [3.05, 3.63) is 59.4 Å². The summed E-state index contributed by atoms with van der Waals surface area (Å²) in [4.78, 5) is 14.4. The van der Waals surface area contributed by atoms with Crippen molar-refractivity contribution in [3.63, 3.8) is 0 Å². The fourth-order valence-electron chi connectivity index (χ4n) is 2.68. The summed E-state index contributed by atoms with van der Waals surface area (Å²) in [7, 11) is 3.58. The molecule has 0 bridgehead atoms. The van der Waals surface area contributed by atoms with Gasteiger partial charge in [0, 0.05) is 5.69 Å². The van der Waals surface area contributed by atoms with E-state index < -0.39 is 0 Å². The second-order valence-corrected chi connectivity index (χ2v) is 6.56. The van der Waals surface area contributed by atoms with Crippen molar-refractivity contribution in [2.75, 3.05) is 26.0 Å².